The molecular formula is C28H43N5O8. The minimum Gasteiger partial charge on any atom is -0.443 e. The molecule has 1 saturated heterocycles. The summed E-state index contributed by atoms with van der Waals surface area (Å²) >= 11 is 0. The van der Waals surface area contributed by atoms with Crippen LogP contribution in [-0.4, -0.2) is 92.5 Å². The van der Waals surface area contributed by atoms with Gasteiger partial charge in [-0.25, -0.2) is 4.79 Å². The molecule has 1 aromatic heterocycles. The normalized spacial score (nSPS) is 23.4. The minimum absolute atomic E-state index is 0.0753. The molecule has 1 fully saturated rings. The molecular weight excluding hydrogens is 534 g/mol. The number of aliphatic hydroxyl groups is 4. The van der Waals surface area contributed by atoms with Crippen LogP contribution in [0.1, 0.15) is 61.6 Å². The van der Waals surface area contributed by atoms with Gasteiger partial charge in [-0.05, 0) is 41.9 Å². The molecule has 1 aliphatic rings. The number of benzene rings is 1. The number of primary amides is 1. The van der Waals surface area contributed by atoms with E-state index >= 15 is 0 Å². The van der Waals surface area contributed by atoms with E-state index in [-0.39, 0.29) is 17.7 Å². The molecule has 0 spiro atoms. The van der Waals surface area contributed by atoms with Crippen LogP contribution in [0.2, 0.25) is 0 Å². The Hall–Kier alpha value is -3.23. The Morgan fingerprint density at radius 3 is 2.44 bits per heavy atom. The molecule has 2 aromatic rings. The number of carbonyl (C=O) groups is 2. The Kier molecular flexibility index (Phi) is 11.1. The van der Waals surface area contributed by atoms with Gasteiger partial charge in [0.05, 0.1) is 6.61 Å². The number of nitrogens with zero attached hydrogens (tertiary/aromatic N) is 1. The highest BCUT2D eigenvalue weighted by atomic mass is 16.7. The highest BCUT2D eigenvalue weighted by molar-refractivity contribution is 5.86. The van der Waals surface area contributed by atoms with Crippen molar-refractivity contribution in [3.63, 3.8) is 0 Å². The topological polar surface area (TPSA) is 212 Å². The fraction of sp³-hybridized carbons (Fsp3) is 0.607. The van der Waals surface area contributed by atoms with E-state index in [1.165, 1.54) is 0 Å². The molecule has 228 valence electrons. The van der Waals surface area contributed by atoms with Crippen molar-refractivity contribution >= 4 is 11.9 Å². The minimum atomic E-state index is -1.56. The first kappa shape index (κ1) is 32.3. The number of hydrogen-bond donors (Lipinski definition) is 8. The predicted molar refractivity (Wildman–Crippen MR) is 149 cm³/mol. The van der Waals surface area contributed by atoms with Crippen LogP contribution in [0.3, 0.4) is 0 Å². The molecule has 0 unspecified atom stereocenters. The third kappa shape index (κ3) is 7.95. The first-order valence-corrected chi connectivity index (χ1v) is 13.8. The molecule has 13 nitrogen and oxygen atoms in total. The lowest BCUT2D eigenvalue weighted by Gasteiger charge is -2.39. The van der Waals surface area contributed by atoms with Gasteiger partial charge in [-0.3, -0.25) is 9.89 Å². The summed E-state index contributed by atoms with van der Waals surface area (Å²) in [6.07, 6.45) is -6.02. The summed E-state index contributed by atoms with van der Waals surface area (Å²) in [6.45, 7) is 9.39. The van der Waals surface area contributed by atoms with Crippen molar-refractivity contribution in [3.8, 4) is 5.88 Å². The van der Waals surface area contributed by atoms with E-state index < -0.39 is 55.3 Å². The highest BCUT2D eigenvalue weighted by Gasteiger charge is 2.45. The summed E-state index contributed by atoms with van der Waals surface area (Å²) in [5.41, 5.74) is 9.96. The molecule has 0 radical (unpaired) electrons. The van der Waals surface area contributed by atoms with Crippen LogP contribution in [0.15, 0.2) is 18.2 Å². The van der Waals surface area contributed by atoms with Crippen LogP contribution in [-0.2, 0) is 22.4 Å². The molecule has 41 heavy (non-hydrogen) atoms. The Morgan fingerprint density at radius 1 is 1.15 bits per heavy atom. The smallest absolute Gasteiger partial charge is 0.315 e. The maximum absolute atomic E-state index is 12.2. The van der Waals surface area contributed by atoms with E-state index in [2.05, 4.69) is 20.8 Å². The second-order valence-electron chi connectivity index (χ2n) is 11.1. The number of aromatic amines is 1. The number of aryl methyl sites for hydroxylation is 1. The van der Waals surface area contributed by atoms with E-state index in [4.69, 9.17) is 15.2 Å². The number of rotatable bonds is 12. The van der Waals surface area contributed by atoms with E-state index in [1.54, 1.807) is 13.8 Å². The van der Waals surface area contributed by atoms with Crippen LogP contribution in [0, 0.1) is 12.8 Å². The van der Waals surface area contributed by atoms with Crippen LogP contribution in [0.4, 0.5) is 4.79 Å². The van der Waals surface area contributed by atoms with Gasteiger partial charge >= 0.3 is 6.03 Å². The summed E-state index contributed by atoms with van der Waals surface area (Å²) in [5, 5.41) is 52.7. The number of carbonyl (C=O) groups excluding carboxylic acids is 2. The van der Waals surface area contributed by atoms with Gasteiger partial charge in [0.25, 0.3) is 0 Å². The third-order valence-electron chi connectivity index (χ3n) is 7.25. The molecule has 9 N–H and O–H groups in total. The van der Waals surface area contributed by atoms with Gasteiger partial charge in [0.1, 0.15) is 30.5 Å². The first-order chi connectivity index (χ1) is 19.3. The fourth-order valence-electron chi connectivity index (χ4n) is 4.76. The van der Waals surface area contributed by atoms with Crippen LogP contribution in [0.5, 0.6) is 5.88 Å². The van der Waals surface area contributed by atoms with Crippen LogP contribution >= 0.6 is 0 Å². The lowest BCUT2D eigenvalue weighted by atomic mass is 9.95. The van der Waals surface area contributed by atoms with Gasteiger partial charge in [0.2, 0.25) is 18.1 Å². The number of urea groups is 1. The molecule has 0 aliphatic carbocycles. The molecule has 3 amide bonds. The van der Waals surface area contributed by atoms with Gasteiger partial charge in [0, 0.05) is 24.2 Å². The summed E-state index contributed by atoms with van der Waals surface area (Å²) in [5.74, 6) is -0.442. The summed E-state index contributed by atoms with van der Waals surface area (Å²) in [7, 11) is 0. The van der Waals surface area contributed by atoms with Crippen molar-refractivity contribution < 1.29 is 39.5 Å². The monoisotopic (exact) mass is 577 g/mol. The van der Waals surface area contributed by atoms with Crippen molar-refractivity contribution in [1.29, 1.82) is 0 Å². The fourth-order valence-corrected chi connectivity index (χ4v) is 4.76. The highest BCUT2D eigenvalue weighted by Crippen LogP contribution is 2.32. The molecule has 0 saturated carbocycles. The lowest BCUT2D eigenvalue weighted by Crippen LogP contribution is -2.60. The Balaban J connectivity index is 1.69. The van der Waals surface area contributed by atoms with E-state index in [0.29, 0.717) is 19.4 Å². The molecule has 1 aromatic carbocycles. The quantitative estimate of drug-likeness (QED) is 0.170. The van der Waals surface area contributed by atoms with Crippen molar-refractivity contribution in [2.24, 2.45) is 11.7 Å². The third-order valence-corrected chi connectivity index (χ3v) is 7.25. The van der Waals surface area contributed by atoms with E-state index in [9.17, 15) is 30.0 Å². The number of nitrogens with two attached hydrogens (primary N) is 1. The summed E-state index contributed by atoms with van der Waals surface area (Å²) < 4.78 is 11.4. The predicted octanol–water partition coefficient (Wildman–Crippen LogP) is -0.0374. The molecule has 13 heteroatoms. The Bertz CT molecular complexity index is 1180. The number of amides is 3. The summed E-state index contributed by atoms with van der Waals surface area (Å²) in [4.78, 5) is 23.7. The molecule has 0 bridgehead atoms. The zero-order valence-corrected chi connectivity index (χ0v) is 24.1. The number of ether oxygens (including phenoxy) is 2. The SMILES string of the molecule is Cc1cc(CCNC(=O)N[C@H](C(N)=O)C(C)C)ccc1Cc1c(O[C@@H]2O[C@H](CO)[C@@H](O)[C@H](O)[C@H]2O)n[nH]c1C(C)C. The van der Waals surface area contributed by atoms with Gasteiger partial charge in [-0.1, -0.05) is 45.9 Å². The second kappa shape index (κ2) is 14.1. The average molecular weight is 578 g/mol. The van der Waals surface area contributed by atoms with Gasteiger partial charge < -0.3 is 46.3 Å². The molecule has 3 rings (SSSR count). The van der Waals surface area contributed by atoms with Gasteiger partial charge in [-0.15, -0.1) is 5.10 Å². The molecule has 1 aliphatic heterocycles. The Morgan fingerprint density at radius 2 is 1.85 bits per heavy atom. The zero-order chi connectivity index (χ0) is 30.4. The summed E-state index contributed by atoms with van der Waals surface area (Å²) in [6, 6.07) is 4.79. The van der Waals surface area contributed by atoms with Crippen molar-refractivity contribution in [1.82, 2.24) is 20.8 Å². The number of aliphatic hydroxyl groups excluding tert-OH is 4. The van der Waals surface area contributed by atoms with Crippen molar-refractivity contribution in [2.45, 2.75) is 90.1 Å². The van der Waals surface area contributed by atoms with Crippen molar-refractivity contribution in [3.05, 3.63) is 46.1 Å². The average Bonchev–Trinajstić information content (AvgIpc) is 3.30. The zero-order valence-electron chi connectivity index (χ0n) is 24.1. The van der Waals surface area contributed by atoms with Gasteiger partial charge in [0.15, 0.2) is 0 Å². The van der Waals surface area contributed by atoms with E-state index in [0.717, 1.165) is 27.9 Å². The van der Waals surface area contributed by atoms with Crippen LogP contribution < -0.4 is 21.1 Å². The number of nitrogens with one attached hydrogen (secondary N) is 3. The standard InChI is InChI=1S/C28H43N5O8/c1-13(2)20-18(26(33-32-20)41-27-24(37)23(36)22(35)19(12-34)40-27)11-17-7-6-16(10-15(17)5)8-9-30-28(39)31-21(14(3)4)25(29)38/h6-7,10,13-14,19,21-24,27,34-37H,8-9,11-12H2,1-5H3,(H2,29,38)(H,32,33)(H2,30,31,39)/t19-,21+,22-,23+,24-,27+/m1/s1. The maximum Gasteiger partial charge on any atom is 0.315 e. The lowest BCUT2D eigenvalue weighted by molar-refractivity contribution is -0.278. The van der Waals surface area contributed by atoms with Crippen LogP contribution in [0.25, 0.3) is 0 Å². The first-order valence-electron chi connectivity index (χ1n) is 13.8. The van der Waals surface area contributed by atoms with E-state index in [1.807, 2.05) is 39.0 Å². The van der Waals surface area contributed by atoms with Crippen molar-refractivity contribution in [2.75, 3.05) is 13.2 Å². The number of aromatic nitrogens is 2. The molecule has 2 heterocycles. The maximum atomic E-state index is 12.2. The molecule has 6 atom stereocenters. The number of H-pyrrole nitrogens is 1. The number of hydrogen-bond acceptors (Lipinski definition) is 9. The largest absolute Gasteiger partial charge is 0.443 e. The Labute approximate surface area is 239 Å². The van der Waals surface area contributed by atoms with Gasteiger partial charge in [-0.2, -0.15) is 0 Å². The second-order valence-corrected chi connectivity index (χ2v) is 11.1.